The molecule has 5 heteroatoms. The van der Waals surface area contributed by atoms with Gasteiger partial charge in [0.25, 0.3) is 0 Å². The number of aliphatic carboxylic acids is 1. The number of carboxylic acids is 1. The van der Waals surface area contributed by atoms with E-state index in [1.165, 1.54) is 11.0 Å². The Balaban J connectivity index is 2.68. The van der Waals surface area contributed by atoms with Crippen LogP contribution in [0.2, 0.25) is 0 Å². The Labute approximate surface area is 85.9 Å². The summed E-state index contributed by atoms with van der Waals surface area (Å²) in [7, 11) is 1.55. The van der Waals surface area contributed by atoms with E-state index in [-0.39, 0.29) is 18.7 Å². The van der Waals surface area contributed by atoms with Gasteiger partial charge < -0.3 is 5.11 Å². The zero-order chi connectivity index (χ0) is 11.4. The number of benzene rings is 1. The molecule has 0 spiro atoms. The van der Waals surface area contributed by atoms with Crippen molar-refractivity contribution in [3.63, 3.8) is 0 Å². The third kappa shape index (κ3) is 3.63. The SMILES string of the molecule is CN(CC(=O)O)Cc1ccc(F)cc1F. The molecule has 0 aliphatic carbocycles. The molecule has 0 atom stereocenters. The molecule has 0 fully saturated rings. The Morgan fingerprint density at radius 2 is 2.13 bits per heavy atom. The molecule has 0 unspecified atom stereocenters. The summed E-state index contributed by atoms with van der Waals surface area (Å²) in [5.74, 6) is -2.29. The van der Waals surface area contributed by atoms with Gasteiger partial charge in [0.2, 0.25) is 0 Å². The van der Waals surface area contributed by atoms with Crippen molar-refractivity contribution in [2.45, 2.75) is 6.54 Å². The highest BCUT2D eigenvalue weighted by molar-refractivity contribution is 5.69. The number of hydrogen-bond acceptors (Lipinski definition) is 2. The van der Waals surface area contributed by atoms with Crippen molar-refractivity contribution in [3.8, 4) is 0 Å². The van der Waals surface area contributed by atoms with Crippen LogP contribution in [0.3, 0.4) is 0 Å². The van der Waals surface area contributed by atoms with Gasteiger partial charge in [-0.15, -0.1) is 0 Å². The molecule has 0 aliphatic heterocycles. The Bertz CT molecular complexity index is 368. The summed E-state index contributed by atoms with van der Waals surface area (Å²) in [6.07, 6.45) is 0. The molecule has 0 radical (unpaired) electrons. The van der Waals surface area contributed by atoms with Crippen LogP contribution in [-0.2, 0) is 11.3 Å². The number of likely N-dealkylation sites (N-methyl/N-ethyl adjacent to an activating group) is 1. The topological polar surface area (TPSA) is 40.5 Å². The van der Waals surface area contributed by atoms with E-state index in [2.05, 4.69) is 0 Å². The molecule has 3 nitrogen and oxygen atoms in total. The van der Waals surface area contributed by atoms with Gasteiger partial charge in [-0.3, -0.25) is 9.69 Å². The summed E-state index contributed by atoms with van der Waals surface area (Å²) in [4.78, 5) is 11.8. The highest BCUT2D eigenvalue weighted by Crippen LogP contribution is 2.11. The highest BCUT2D eigenvalue weighted by Gasteiger charge is 2.09. The van der Waals surface area contributed by atoms with Crippen LogP contribution in [-0.4, -0.2) is 29.6 Å². The molecular weight excluding hydrogens is 204 g/mol. The lowest BCUT2D eigenvalue weighted by Crippen LogP contribution is -2.25. The van der Waals surface area contributed by atoms with Crippen molar-refractivity contribution in [2.75, 3.05) is 13.6 Å². The lowest BCUT2D eigenvalue weighted by Gasteiger charge is -2.14. The molecule has 1 aromatic carbocycles. The first kappa shape index (κ1) is 11.6. The predicted molar refractivity (Wildman–Crippen MR) is 50.3 cm³/mol. The zero-order valence-electron chi connectivity index (χ0n) is 8.20. The summed E-state index contributed by atoms with van der Waals surface area (Å²) < 4.78 is 25.7. The van der Waals surface area contributed by atoms with Crippen LogP contribution in [0.5, 0.6) is 0 Å². The largest absolute Gasteiger partial charge is 0.480 e. The van der Waals surface area contributed by atoms with E-state index in [1.807, 2.05) is 0 Å². The Hall–Kier alpha value is -1.49. The Kier molecular flexibility index (Phi) is 3.74. The monoisotopic (exact) mass is 215 g/mol. The van der Waals surface area contributed by atoms with Crippen LogP contribution in [0, 0.1) is 11.6 Å². The fraction of sp³-hybridized carbons (Fsp3) is 0.300. The van der Waals surface area contributed by atoms with Crippen LogP contribution in [0.15, 0.2) is 18.2 Å². The van der Waals surface area contributed by atoms with Gasteiger partial charge in [-0.25, -0.2) is 8.78 Å². The standard InChI is InChI=1S/C10H11F2NO2/c1-13(6-10(14)15)5-7-2-3-8(11)4-9(7)12/h2-4H,5-6H2,1H3,(H,14,15). The summed E-state index contributed by atoms with van der Waals surface area (Å²) >= 11 is 0. The quantitative estimate of drug-likeness (QED) is 0.827. The van der Waals surface area contributed by atoms with Gasteiger partial charge in [0, 0.05) is 18.2 Å². The van der Waals surface area contributed by atoms with E-state index in [1.54, 1.807) is 7.05 Å². The minimum atomic E-state index is -0.986. The van der Waals surface area contributed by atoms with Gasteiger partial charge >= 0.3 is 5.97 Å². The van der Waals surface area contributed by atoms with Gasteiger partial charge in [0.1, 0.15) is 11.6 Å². The molecule has 0 heterocycles. The van der Waals surface area contributed by atoms with E-state index >= 15 is 0 Å². The van der Waals surface area contributed by atoms with E-state index in [0.717, 1.165) is 12.1 Å². The minimum absolute atomic E-state index is 0.137. The molecule has 0 saturated heterocycles. The van der Waals surface area contributed by atoms with Gasteiger partial charge in [-0.2, -0.15) is 0 Å². The second kappa shape index (κ2) is 4.84. The van der Waals surface area contributed by atoms with Crippen molar-refractivity contribution in [1.29, 1.82) is 0 Å². The lowest BCUT2D eigenvalue weighted by atomic mass is 10.2. The third-order valence-corrected chi connectivity index (χ3v) is 1.86. The molecule has 0 amide bonds. The number of nitrogens with zero attached hydrogens (tertiary/aromatic N) is 1. The average Bonchev–Trinajstić information content (AvgIpc) is 2.08. The van der Waals surface area contributed by atoms with Gasteiger partial charge in [-0.1, -0.05) is 6.07 Å². The lowest BCUT2D eigenvalue weighted by molar-refractivity contribution is -0.138. The normalized spacial score (nSPS) is 10.7. The van der Waals surface area contributed by atoms with Crippen molar-refractivity contribution >= 4 is 5.97 Å². The van der Waals surface area contributed by atoms with E-state index < -0.39 is 17.6 Å². The second-order valence-corrected chi connectivity index (χ2v) is 3.30. The van der Waals surface area contributed by atoms with Crippen molar-refractivity contribution in [2.24, 2.45) is 0 Å². The van der Waals surface area contributed by atoms with Crippen LogP contribution < -0.4 is 0 Å². The van der Waals surface area contributed by atoms with Gasteiger partial charge in [0.15, 0.2) is 0 Å². The summed E-state index contributed by atoms with van der Waals surface area (Å²) in [6.45, 7) is -0.0464. The Morgan fingerprint density at radius 3 is 2.67 bits per heavy atom. The van der Waals surface area contributed by atoms with Crippen LogP contribution in [0.25, 0.3) is 0 Å². The van der Waals surface area contributed by atoms with Crippen LogP contribution in [0.1, 0.15) is 5.56 Å². The number of rotatable bonds is 4. The number of halogens is 2. The molecule has 0 aromatic heterocycles. The fourth-order valence-corrected chi connectivity index (χ4v) is 1.23. The smallest absolute Gasteiger partial charge is 0.317 e. The molecule has 82 valence electrons. The maximum Gasteiger partial charge on any atom is 0.317 e. The molecule has 1 N–H and O–H groups in total. The molecule has 0 aliphatic rings. The van der Waals surface area contributed by atoms with Gasteiger partial charge in [-0.05, 0) is 13.1 Å². The highest BCUT2D eigenvalue weighted by atomic mass is 19.1. The summed E-state index contributed by atoms with van der Waals surface area (Å²) in [6, 6.07) is 3.24. The van der Waals surface area contributed by atoms with Crippen LogP contribution >= 0.6 is 0 Å². The molecule has 1 rings (SSSR count). The molecule has 1 aromatic rings. The van der Waals surface area contributed by atoms with Crippen LogP contribution in [0.4, 0.5) is 8.78 Å². The zero-order valence-corrected chi connectivity index (χ0v) is 8.20. The van der Waals surface area contributed by atoms with E-state index in [0.29, 0.717) is 0 Å². The van der Waals surface area contributed by atoms with Crippen molar-refractivity contribution < 1.29 is 18.7 Å². The van der Waals surface area contributed by atoms with E-state index in [4.69, 9.17) is 5.11 Å². The van der Waals surface area contributed by atoms with Crippen molar-refractivity contribution in [3.05, 3.63) is 35.4 Å². The first-order valence-corrected chi connectivity index (χ1v) is 4.33. The second-order valence-electron chi connectivity index (χ2n) is 3.30. The third-order valence-electron chi connectivity index (χ3n) is 1.86. The minimum Gasteiger partial charge on any atom is -0.480 e. The maximum atomic E-state index is 13.1. The first-order valence-electron chi connectivity index (χ1n) is 4.33. The molecule has 15 heavy (non-hydrogen) atoms. The average molecular weight is 215 g/mol. The molecule has 0 saturated carbocycles. The predicted octanol–water partition coefficient (Wildman–Crippen LogP) is 1.48. The number of hydrogen-bond donors (Lipinski definition) is 1. The number of carbonyl (C=O) groups is 1. The number of carboxylic acid groups (broad SMARTS) is 1. The fourth-order valence-electron chi connectivity index (χ4n) is 1.23. The van der Waals surface area contributed by atoms with E-state index in [9.17, 15) is 13.6 Å². The molecular formula is C10H11F2NO2. The summed E-state index contributed by atoms with van der Waals surface area (Å²) in [5.41, 5.74) is 0.278. The molecule has 0 bridgehead atoms. The maximum absolute atomic E-state index is 13.1. The van der Waals surface area contributed by atoms with Gasteiger partial charge in [0.05, 0.1) is 6.54 Å². The first-order chi connectivity index (χ1) is 6.99. The summed E-state index contributed by atoms with van der Waals surface area (Å²) in [5, 5.41) is 8.48. The Morgan fingerprint density at radius 1 is 1.47 bits per heavy atom. The van der Waals surface area contributed by atoms with Crippen molar-refractivity contribution in [1.82, 2.24) is 4.90 Å².